The molecule has 4 rings (SSSR count). The molecule has 2 saturated heterocycles. The number of pyridine rings is 1. The Bertz CT molecular complexity index is 721. The summed E-state index contributed by atoms with van der Waals surface area (Å²) in [7, 11) is 4.13. The molecule has 7 nitrogen and oxygen atoms in total. The number of aliphatic hydroxyl groups is 1. The van der Waals surface area contributed by atoms with Gasteiger partial charge in [0.2, 0.25) is 0 Å². The Kier molecular flexibility index (Phi) is 5.40. The average molecular weight is 377 g/mol. The number of fused-ring (bicyclic) bond motifs is 4. The van der Waals surface area contributed by atoms with Gasteiger partial charge in [0.25, 0.3) is 5.56 Å². The normalized spacial score (nSPS) is 36.6. The van der Waals surface area contributed by atoms with E-state index in [9.17, 15) is 9.90 Å². The number of aromatic nitrogens is 1. The molecule has 1 aromatic rings. The van der Waals surface area contributed by atoms with E-state index < -0.39 is 6.10 Å². The molecule has 0 radical (unpaired) electrons. The van der Waals surface area contributed by atoms with Gasteiger partial charge in [0.05, 0.1) is 18.2 Å². The summed E-state index contributed by atoms with van der Waals surface area (Å²) in [5.74, 6) is 0.777. The number of piperidine rings is 1. The van der Waals surface area contributed by atoms with Gasteiger partial charge >= 0.3 is 0 Å². The molecule has 2 fully saturated rings. The molecule has 3 N–H and O–H groups in total. The molecule has 150 valence electrons. The lowest BCUT2D eigenvalue weighted by atomic mass is 9.78. The number of hydrogen-bond donors (Lipinski definition) is 2. The first-order chi connectivity index (χ1) is 12.9. The summed E-state index contributed by atoms with van der Waals surface area (Å²) in [5.41, 5.74) is 7.29. The third-order valence-electron chi connectivity index (χ3n) is 6.47. The zero-order chi connectivity index (χ0) is 19.1. The predicted octanol–water partition coefficient (Wildman–Crippen LogP) is -0.153. The second kappa shape index (κ2) is 7.64. The molecular weight excluding hydrogens is 344 g/mol. The van der Waals surface area contributed by atoms with Crippen LogP contribution in [-0.2, 0) is 4.74 Å². The van der Waals surface area contributed by atoms with Crippen molar-refractivity contribution < 1.29 is 9.84 Å². The molecule has 0 spiro atoms. The highest BCUT2D eigenvalue weighted by Crippen LogP contribution is 2.41. The lowest BCUT2D eigenvalue weighted by Crippen LogP contribution is -2.57. The van der Waals surface area contributed by atoms with E-state index in [2.05, 4.69) is 30.0 Å². The zero-order valence-corrected chi connectivity index (χ0v) is 16.3. The van der Waals surface area contributed by atoms with Crippen molar-refractivity contribution in [2.45, 2.75) is 43.1 Å². The standard InChI is InChI=1S/C20H32N4O3/c1-22(2)11-17-14-8-13(16-4-3-5-19(25)24(16)17)9-23(10-14)12-18-20(26)15(21)6-7-27-18/h3-5,13-15,17-18,20,26H,6-12,21H2,1-2H3/t13-,14+,15+,17+,18-,20+/m1/s1. The highest BCUT2D eigenvalue weighted by Gasteiger charge is 2.42. The maximum absolute atomic E-state index is 12.6. The molecule has 0 unspecified atom stereocenters. The van der Waals surface area contributed by atoms with Gasteiger partial charge in [0.1, 0.15) is 0 Å². The Morgan fingerprint density at radius 1 is 1.33 bits per heavy atom. The van der Waals surface area contributed by atoms with Gasteiger partial charge in [-0.3, -0.25) is 9.69 Å². The van der Waals surface area contributed by atoms with E-state index >= 15 is 0 Å². The molecule has 0 aliphatic carbocycles. The van der Waals surface area contributed by atoms with Crippen molar-refractivity contribution in [2.75, 3.05) is 46.9 Å². The molecule has 3 aliphatic heterocycles. The van der Waals surface area contributed by atoms with Crippen LogP contribution in [0.1, 0.15) is 30.5 Å². The van der Waals surface area contributed by atoms with Crippen molar-refractivity contribution in [3.63, 3.8) is 0 Å². The second-order valence-corrected chi connectivity index (χ2v) is 8.75. The van der Waals surface area contributed by atoms with Crippen molar-refractivity contribution in [1.29, 1.82) is 0 Å². The summed E-state index contributed by atoms with van der Waals surface area (Å²) in [4.78, 5) is 17.2. The van der Waals surface area contributed by atoms with Crippen molar-refractivity contribution in [3.05, 3.63) is 34.2 Å². The molecule has 0 aromatic carbocycles. The number of likely N-dealkylation sites (tertiary alicyclic amines) is 1. The largest absolute Gasteiger partial charge is 0.389 e. The monoisotopic (exact) mass is 376 g/mol. The van der Waals surface area contributed by atoms with Crippen LogP contribution in [0.15, 0.2) is 23.0 Å². The third-order valence-corrected chi connectivity index (χ3v) is 6.47. The minimum Gasteiger partial charge on any atom is -0.389 e. The summed E-state index contributed by atoms with van der Waals surface area (Å²) in [6, 6.07) is 5.65. The first kappa shape index (κ1) is 19.1. The fourth-order valence-corrected chi connectivity index (χ4v) is 5.21. The molecule has 7 heteroatoms. The lowest BCUT2D eigenvalue weighted by molar-refractivity contribution is -0.100. The van der Waals surface area contributed by atoms with E-state index in [1.54, 1.807) is 6.07 Å². The topological polar surface area (TPSA) is 84.0 Å². The number of nitrogens with two attached hydrogens (primary N) is 1. The molecule has 0 amide bonds. The van der Waals surface area contributed by atoms with E-state index in [0.29, 0.717) is 31.4 Å². The quantitative estimate of drug-likeness (QED) is 0.760. The van der Waals surface area contributed by atoms with Crippen LogP contribution < -0.4 is 11.3 Å². The summed E-state index contributed by atoms with van der Waals surface area (Å²) in [6.45, 7) is 4.00. The number of rotatable bonds is 4. The van der Waals surface area contributed by atoms with Gasteiger partial charge < -0.3 is 25.0 Å². The van der Waals surface area contributed by atoms with Gasteiger partial charge in [0, 0.05) is 56.5 Å². The van der Waals surface area contributed by atoms with Crippen LogP contribution in [0.5, 0.6) is 0 Å². The second-order valence-electron chi connectivity index (χ2n) is 8.75. The zero-order valence-electron chi connectivity index (χ0n) is 16.3. The van der Waals surface area contributed by atoms with E-state index in [0.717, 1.165) is 31.7 Å². The van der Waals surface area contributed by atoms with Crippen LogP contribution in [0.2, 0.25) is 0 Å². The maximum Gasteiger partial charge on any atom is 0.251 e. The number of hydrogen-bond acceptors (Lipinski definition) is 6. The van der Waals surface area contributed by atoms with Crippen molar-refractivity contribution in [3.8, 4) is 0 Å². The molecule has 3 aliphatic rings. The maximum atomic E-state index is 12.6. The number of aliphatic hydroxyl groups excluding tert-OH is 1. The van der Waals surface area contributed by atoms with Crippen molar-refractivity contribution >= 4 is 0 Å². The Hall–Kier alpha value is -1.25. The van der Waals surface area contributed by atoms with E-state index in [1.165, 1.54) is 0 Å². The lowest BCUT2D eigenvalue weighted by Gasteiger charge is -2.48. The first-order valence-electron chi connectivity index (χ1n) is 10.1. The SMILES string of the molecule is CN(C)C[C@H]1[C@H]2C[C@H](CN(C[C@H]3OCC[C@H](N)[C@@H]3O)C2)c2cccc(=O)n21. The van der Waals surface area contributed by atoms with Crippen molar-refractivity contribution in [1.82, 2.24) is 14.4 Å². The van der Waals surface area contributed by atoms with Crippen LogP contribution in [0.4, 0.5) is 0 Å². The molecule has 1 aromatic heterocycles. The summed E-state index contributed by atoms with van der Waals surface area (Å²) >= 11 is 0. The molecule has 4 heterocycles. The Morgan fingerprint density at radius 2 is 2.15 bits per heavy atom. The smallest absolute Gasteiger partial charge is 0.251 e. The molecular formula is C20H32N4O3. The Morgan fingerprint density at radius 3 is 2.93 bits per heavy atom. The molecule has 6 atom stereocenters. The predicted molar refractivity (Wildman–Crippen MR) is 104 cm³/mol. The number of likely N-dealkylation sites (N-methyl/N-ethyl adjacent to an activating group) is 1. The van der Waals surface area contributed by atoms with Gasteiger partial charge in [-0.2, -0.15) is 0 Å². The third kappa shape index (κ3) is 3.71. The number of ether oxygens (including phenoxy) is 1. The van der Waals surface area contributed by atoms with E-state index in [-0.39, 0.29) is 23.7 Å². The van der Waals surface area contributed by atoms with Gasteiger partial charge in [-0.25, -0.2) is 0 Å². The molecule has 27 heavy (non-hydrogen) atoms. The molecule has 0 saturated carbocycles. The van der Waals surface area contributed by atoms with E-state index in [1.807, 2.05) is 10.6 Å². The van der Waals surface area contributed by atoms with Crippen LogP contribution in [0.25, 0.3) is 0 Å². The van der Waals surface area contributed by atoms with E-state index in [4.69, 9.17) is 10.5 Å². The van der Waals surface area contributed by atoms with Crippen LogP contribution in [0.3, 0.4) is 0 Å². The first-order valence-corrected chi connectivity index (χ1v) is 10.1. The van der Waals surface area contributed by atoms with Gasteiger partial charge in [-0.15, -0.1) is 0 Å². The van der Waals surface area contributed by atoms with Crippen LogP contribution in [0, 0.1) is 5.92 Å². The molecule has 2 bridgehead atoms. The highest BCUT2D eigenvalue weighted by atomic mass is 16.5. The van der Waals surface area contributed by atoms with Gasteiger partial charge in [-0.05, 0) is 38.9 Å². The Labute approximate surface area is 160 Å². The van der Waals surface area contributed by atoms with Gasteiger partial charge in [-0.1, -0.05) is 6.07 Å². The Balaban J connectivity index is 1.57. The van der Waals surface area contributed by atoms with Crippen LogP contribution in [-0.4, -0.2) is 84.6 Å². The van der Waals surface area contributed by atoms with Gasteiger partial charge in [0.15, 0.2) is 0 Å². The van der Waals surface area contributed by atoms with Crippen molar-refractivity contribution in [2.24, 2.45) is 11.7 Å². The number of nitrogens with zero attached hydrogens (tertiary/aromatic N) is 3. The fraction of sp³-hybridized carbons (Fsp3) is 0.750. The minimum atomic E-state index is -0.604. The highest BCUT2D eigenvalue weighted by molar-refractivity contribution is 5.19. The summed E-state index contributed by atoms with van der Waals surface area (Å²) in [5, 5.41) is 10.4. The summed E-state index contributed by atoms with van der Waals surface area (Å²) in [6.07, 6.45) is 1.00. The fourth-order valence-electron chi connectivity index (χ4n) is 5.21. The summed E-state index contributed by atoms with van der Waals surface area (Å²) < 4.78 is 7.87. The van der Waals surface area contributed by atoms with Crippen LogP contribution >= 0.6 is 0 Å². The average Bonchev–Trinajstić information content (AvgIpc) is 2.62. The minimum absolute atomic E-state index is 0.111.